The van der Waals surface area contributed by atoms with Gasteiger partial charge in [-0.25, -0.2) is 8.42 Å². The maximum absolute atomic E-state index is 13.9. The van der Waals surface area contributed by atoms with Gasteiger partial charge in [0.25, 0.3) is 0 Å². The molecule has 3 aromatic rings. The predicted octanol–water partition coefficient (Wildman–Crippen LogP) is 4.64. The van der Waals surface area contributed by atoms with Crippen LogP contribution in [0, 0.1) is 6.92 Å². The molecule has 8 heteroatoms. The SMILES string of the molecule is CC[C@H](C)NC(=O)[C@H](CC)N(Cc1cccc(C)c1)C(=O)CN(c1cccc2ccccc12)S(C)(=O)=O. The van der Waals surface area contributed by atoms with Crippen LogP contribution in [0.4, 0.5) is 5.69 Å². The molecule has 0 bridgehead atoms. The maximum Gasteiger partial charge on any atom is 0.244 e. The lowest BCUT2D eigenvalue weighted by Gasteiger charge is -2.33. The van der Waals surface area contributed by atoms with E-state index in [4.69, 9.17) is 0 Å². The van der Waals surface area contributed by atoms with Gasteiger partial charge >= 0.3 is 0 Å². The van der Waals surface area contributed by atoms with E-state index in [-0.39, 0.29) is 18.5 Å². The molecule has 2 amide bonds. The van der Waals surface area contributed by atoms with Crippen LogP contribution in [-0.4, -0.2) is 50.0 Å². The number of nitrogens with zero attached hydrogens (tertiary/aromatic N) is 2. The smallest absolute Gasteiger partial charge is 0.244 e. The average molecular weight is 524 g/mol. The molecule has 0 saturated carbocycles. The van der Waals surface area contributed by atoms with E-state index < -0.39 is 28.5 Å². The normalized spacial score (nSPS) is 13.1. The second-order valence-corrected chi connectivity index (χ2v) is 11.4. The van der Waals surface area contributed by atoms with Crippen molar-refractivity contribution in [3.05, 3.63) is 77.9 Å². The number of hydrogen-bond donors (Lipinski definition) is 1. The zero-order valence-corrected chi connectivity index (χ0v) is 23.1. The van der Waals surface area contributed by atoms with Crippen LogP contribution < -0.4 is 9.62 Å². The van der Waals surface area contributed by atoms with Crippen molar-refractivity contribution < 1.29 is 18.0 Å². The summed E-state index contributed by atoms with van der Waals surface area (Å²) in [7, 11) is -3.81. The molecule has 0 heterocycles. The third-order valence-corrected chi connectivity index (χ3v) is 7.66. The van der Waals surface area contributed by atoms with Gasteiger partial charge in [-0.05, 0) is 43.7 Å². The van der Waals surface area contributed by atoms with Gasteiger partial charge in [-0.2, -0.15) is 0 Å². The number of nitrogens with one attached hydrogen (secondary N) is 1. The van der Waals surface area contributed by atoms with Gasteiger partial charge in [0.1, 0.15) is 12.6 Å². The van der Waals surface area contributed by atoms with Gasteiger partial charge in [0.2, 0.25) is 21.8 Å². The van der Waals surface area contributed by atoms with Crippen molar-refractivity contribution in [3.8, 4) is 0 Å². The van der Waals surface area contributed by atoms with Crippen LogP contribution in [0.5, 0.6) is 0 Å². The molecule has 0 radical (unpaired) electrons. The molecular formula is C29H37N3O4S. The van der Waals surface area contributed by atoms with Crippen LogP contribution in [0.1, 0.15) is 44.7 Å². The van der Waals surface area contributed by atoms with Gasteiger partial charge in [0.15, 0.2) is 0 Å². The number of carbonyl (C=O) groups is 2. The lowest BCUT2D eigenvalue weighted by Crippen LogP contribution is -2.53. The molecule has 37 heavy (non-hydrogen) atoms. The fourth-order valence-corrected chi connectivity index (χ4v) is 5.25. The number of hydrogen-bond acceptors (Lipinski definition) is 4. The fraction of sp³-hybridized carbons (Fsp3) is 0.379. The Morgan fingerprint density at radius 3 is 2.27 bits per heavy atom. The molecule has 0 unspecified atom stereocenters. The third kappa shape index (κ3) is 7.10. The van der Waals surface area contributed by atoms with E-state index in [0.29, 0.717) is 12.1 Å². The number of carbonyl (C=O) groups excluding carboxylic acids is 2. The minimum absolute atomic E-state index is 0.0410. The topological polar surface area (TPSA) is 86.8 Å². The molecule has 0 aliphatic heterocycles. The van der Waals surface area contributed by atoms with Crippen molar-refractivity contribution in [3.63, 3.8) is 0 Å². The summed E-state index contributed by atoms with van der Waals surface area (Å²) < 4.78 is 27.1. The molecule has 1 N–H and O–H groups in total. The zero-order valence-electron chi connectivity index (χ0n) is 22.3. The molecule has 0 fully saturated rings. The van der Waals surface area contributed by atoms with Crippen molar-refractivity contribution in [2.75, 3.05) is 17.1 Å². The molecule has 0 aromatic heterocycles. The number of amides is 2. The van der Waals surface area contributed by atoms with Crippen LogP contribution in [0.3, 0.4) is 0 Å². The van der Waals surface area contributed by atoms with Gasteiger partial charge in [-0.15, -0.1) is 0 Å². The monoisotopic (exact) mass is 523 g/mol. The minimum atomic E-state index is -3.81. The molecule has 3 aromatic carbocycles. The van der Waals surface area contributed by atoms with Crippen LogP contribution in [-0.2, 0) is 26.2 Å². The first-order valence-electron chi connectivity index (χ1n) is 12.7. The molecule has 0 aliphatic carbocycles. The van der Waals surface area contributed by atoms with E-state index in [0.717, 1.165) is 38.9 Å². The Morgan fingerprint density at radius 1 is 0.946 bits per heavy atom. The number of sulfonamides is 1. The number of anilines is 1. The largest absolute Gasteiger partial charge is 0.352 e. The Hall–Kier alpha value is -3.39. The van der Waals surface area contributed by atoms with E-state index >= 15 is 0 Å². The molecule has 7 nitrogen and oxygen atoms in total. The Morgan fingerprint density at radius 2 is 1.62 bits per heavy atom. The second kappa shape index (κ2) is 12.2. The van der Waals surface area contributed by atoms with Gasteiger partial charge < -0.3 is 10.2 Å². The standard InChI is InChI=1S/C29H37N3O4S/c1-6-22(4)30-29(34)26(7-2)31(19-23-13-10-12-21(3)18-23)28(33)20-32(37(5,35)36)27-17-11-15-24-14-8-9-16-25(24)27/h8-18,22,26H,6-7,19-20H2,1-5H3,(H,30,34)/t22-,26-/m0/s1. The first-order valence-corrected chi connectivity index (χ1v) is 14.5. The Labute approximate surface area is 220 Å². The van der Waals surface area contributed by atoms with Crippen molar-refractivity contribution >= 4 is 38.3 Å². The summed E-state index contributed by atoms with van der Waals surface area (Å²) in [6, 6.07) is 19.8. The summed E-state index contributed by atoms with van der Waals surface area (Å²) in [5.41, 5.74) is 2.34. The van der Waals surface area contributed by atoms with Crippen molar-refractivity contribution in [2.24, 2.45) is 0 Å². The summed E-state index contributed by atoms with van der Waals surface area (Å²) in [5, 5.41) is 4.59. The summed E-state index contributed by atoms with van der Waals surface area (Å²) >= 11 is 0. The maximum atomic E-state index is 13.9. The quantitative estimate of drug-likeness (QED) is 0.397. The summed E-state index contributed by atoms with van der Waals surface area (Å²) in [4.78, 5) is 28.6. The lowest BCUT2D eigenvalue weighted by atomic mass is 10.1. The molecule has 3 rings (SSSR count). The third-order valence-electron chi connectivity index (χ3n) is 6.54. The molecular weight excluding hydrogens is 486 g/mol. The van der Waals surface area contributed by atoms with Crippen LogP contribution in [0.15, 0.2) is 66.7 Å². The van der Waals surface area contributed by atoms with Gasteiger partial charge in [-0.1, -0.05) is 80.1 Å². The van der Waals surface area contributed by atoms with E-state index in [1.807, 2.05) is 82.3 Å². The van der Waals surface area contributed by atoms with E-state index in [1.54, 1.807) is 12.1 Å². The van der Waals surface area contributed by atoms with Crippen molar-refractivity contribution in [1.82, 2.24) is 10.2 Å². The van der Waals surface area contributed by atoms with Gasteiger partial charge in [-0.3, -0.25) is 13.9 Å². The number of rotatable bonds is 11. The van der Waals surface area contributed by atoms with E-state index in [1.165, 1.54) is 4.90 Å². The van der Waals surface area contributed by atoms with E-state index in [9.17, 15) is 18.0 Å². The average Bonchev–Trinajstić information content (AvgIpc) is 2.86. The van der Waals surface area contributed by atoms with E-state index in [2.05, 4.69) is 5.32 Å². The highest BCUT2D eigenvalue weighted by Crippen LogP contribution is 2.29. The molecule has 0 aliphatic rings. The second-order valence-electron chi connectivity index (χ2n) is 9.52. The number of benzene rings is 3. The zero-order chi connectivity index (χ0) is 27.2. The van der Waals surface area contributed by atoms with Crippen LogP contribution >= 0.6 is 0 Å². The Balaban J connectivity index is 2.02. The molecule has 0 saturated heterocycles. The number of fused-ring (bicyclic) bond motifs is 1. The molecule has 2 atom stereocenters. The van der Waals surface area contributed by atoms with Crippen molar-refractivity contribution in [1.29, 1.82) is 0 Å². The highest BCUT2D eigenvalue weighted by molar-refractivity contribution is 7.92. The first kappa shape index (κ1) is 28.2. The molecule has 198 valence electrons. The fourth-order valence-electron chi connectivity index (χ4n) is 4.39. The molecule has 0 spiro atoms. The predicted molar refractivity (Wildman–Crippen MR) is 150 cm³/mol. The van der Waals surface area contributed by atoms with Crippen LogP contribution in [0.2, 0.25) is 0 Å². The summed E-state index contributed by atoms with van der Waals surface area (Å²) in [5.74, 6) is -0.681. The van der Waals surface area contributed by atoms with Gasteiger partial charge in [0, 0.05) is 18.0 Å². The highest BCUT2D eigenvalue weighted by atomic mass is 32.2. The minimum Gasteiger partial charge on any atom is -0.352 e. The van der Waals surface area contributed by atoms with Crippen molar-refractivity contribution in [2.45, 2.75) is 59.2 Å². The summed E-state index contributed by atoms with van der Waals surface area (Å²) in [6.45, 7) is 7.51. The summed E-state index contributed by atoms with van der Waals surface area (Å²) in [6.07, 6.45) is 2.25. The Kier molecular flexibility index (Phi) is 9.32. The lowest BCUT2D eigenvalue weighted by molar-refractivity contribution is -0.140. The number of aryl methyl sites for hydroxylation is 1. The highest BCUT2D eigenvalue weighted by Gasteiger charge is 2.32. The first-order chi connectivity index (χ1) is 17.5. The van der Waals surface area contributed by atoms with Crippen LogP contribution in [0.25, 0.3) is 10.8 Å². The van der Waals surface area contributed by atoms with Gasteiger partial charge in [0.05, 0.1) is 11.9 Å². The Bertz CT molecular complexity index is 1350.